The Morgan fingerprint density at radius 3 is 2.56 bits per heavy atom. The molecule has 0 spiro atoms. The number of hydrogen-bond donors (Lipinski definition) is 1. The van der Waals surface area contributed by atoms with Crippen LogP contribution >= 0.6 is 11.3 Å². The van der Waals surface area contributed by atoms with E-state index in [4.69, 9.17) is 5.73 Å². The highest BCUT2D eigenvalue weighted by Gasteiger charge is 2.14. The van der Waals surface area contributed by atoms with Crippen LogP contribution in [0.25, 0.3) is 0 Å². The zero-order valence-corrected chi connectivity index (χ0v) is 12.1. The van der Waals surface area contributed by atoms with Crippen LogP contribution in [-0.2, 0) is 6.42 Å². The molecule has 18 heavy (non-hydrogen) atoms. The van der Waals surface area contributed by atoms with E-state index in [1.54, 1.807) is 11.3 Å². The zero-order chi connectivity index (χ0) is 13.3. The van der Waals surface area contributed by atoms with Crippen LogP contribution in [0.3, 0.4) is 0 Å². The van der Waals surface area contributed by atoms with Gasteiger partial charge < -0.3 is 5.73 Å². The Labute approximate surface area is 112 Å². The van der Waals surface area contributed by atoms with E-state index >= 15 is 0 Å². The monoisotopic (exact) mass is 261 g/mol. The number of nitrogens with zero attached hydrogens (tertiary/aromatic N) is 2. The van der Waals surface area contributed by atoms with Gasteiger partial charge in [0.15, 0.2) is 0 Å². The minimum atomic E-state index is -0.0736. The lowest BCUT2D eigenvalue weighted by atomic mass is 10.1. The normalized spacial score (nSPS) is 12.7. The lowest BCUT2D eigenvalue weighted by molar-refractivity contribution is 0.685. The molecule has 0 saturated carbocycles. The molecular weight excluding hydrogens is 242 g/mol. The quantitative estimate of drug-likeness (QED) is 0.924. The van der Waals surface area contributed by atoms with Gasteiger partial charge in [-0.3, -0.25) is 4.98 Å². The lowest BCUT2D eigenvalue weighted by Crippen LogP contribution is -2.16. The average Bonchev–Trinajstić information content (AvgIpc) is 2.57. The summed E-state index contributed by atoms with van der Waals surface area (Å²) in [5, 5.41) is 1.10. The van der Waals surface area contributed by atoms with E-state index in [-0.39, 0.29) is 6.04 Å². The van der Waals surface area contributed by atoms with Crippen molar-refractivity contribution in [2.24, 2.45) is 5.73 Å². The van der Waals surface area contributed by atoms with E-state index in [0.29, 0.717) is 0 Å². The van der Waals surface area contributed by atoms with Crippen LogP contribution in [0, 0.1) is 27.7 Å². The molecule has 0 aromatic carbocycles. The summed E-state index contributed by atoms with van der Waals surface area (Å²) in [7, 11) is 0. The number of nitrogens with two attached hydrogens (primary N) is 1. The van der Waals surface area contributed by atoms with Gasteiger partial charge >= 0.3 is 0 Å². The van der Waals surface area contributed by atoms with Crippen molar-refractivity contribution in [1.82, 2.24) is 9.97 Å². The standard InChI is InChI=1S/C14H19N3S/c1-8-5-9(2)14(16-7-8)12(15)6-13-17-10(3)11(4)18-13/h5,7,12H,6,15H2,1-4H3. The maximum Gasteiger partial charge on any atom is 0.0950 e. The fraction of sp³-hybridized carbons (Fsp3) is 0.429. The Morgan fingerprint density at radius 2 is 2.00 bits per heavy atom. The van der Waals surface area contributed by atoms with Gasteiger partial charge in [-0.1, -0.05) is 6.07 Å². The number of aromatic nitrogens is 2. The van der Waals surface area contributed by atoms with Gasteiger partial charge in [0.1, 0.15) is 0 Å². The summed E-state index contributed by atoms with van der Waals surface area (Å²) in [5.41, 5.74) is 10.7. The third-order valence-corrected chi connectivity index (χ3v) is 4.17. The summed E-state index contributed by atoms with van der Waals surface area (Å²) < 4.78 is 0. The molecule has 3 nitrogen and oxygen atoms in total. The topological polar surface area (TPSA) is 51.8 Å². The van der Waals surface area contributed by atoms with Gasteiger partial charge in [-0.05, 0) is 38.8 Å². The van der Waals surface area contributed by atoms with Crippen molar-refractivity contribution in [3.63, 3.8) is 0 Å². The molecule has 2 aromatic heterocycles. The van der Waals surface area contributed by atoms with E-state index in [1.165, 1.54) is 10.4 Å². The summed E-state index contributed by atoms with van der Waals surface area (Å²) in [6, 6.07) is 2.05. The van der Waals surface area contributed by atoms with Gasteiger partial charge in [-0.15, -0.1) is 11.3 Å². The predicted molar refractivity (Wildman–Crippen MR) is 75.9 cm³/mol. The molecule has 0 amide bonds. The molecule has 0 radical (unpaired) electrons. The van der Waals surface area contributed by atoms with Crippen LogP contribution in [0.4, 0.5) is 0 Å². The first-order valence-corrected chi connectivity index (χ1v) is 6.90. The first-order valence-electron chi connectivity index (χ1n) is 6.09. The van der Waals surface area contributed by atoms with Gasteiger partial charge in [0.25, 0.3) is 0 Å². The molecule has 0 fully saturated rings. The summed E-state index contributed by atoms with van der Waals surface area (Å²) in [6.07, 6.45) is 2.64. The van der Waals surface area contributed by atoms with E-state index in [9.17, 15) is 0 Å². The van der Waals surface area contributed by atoms with E-state index in [2.05, 4.69) is 29.9 Å². The molecule has 0 saturated heterocycles. The number of rotatable bonds is 3. The number of hydrogen-bond acceptors (Lipinski definition) is 4. The molecule has 2 aromatic rings. The molecular formula is C14H19N3S. The SMILES string of the molecule is Cc1cnc(C(N)Cc2nc(C)c(C)s2)c(C)c1. The summed E-state index contributed by atoms with van der Waals surface area (Å²) >= 11 is 1.73. The van der Waals surface area contributed by atoms with Crippen LogP contribution in [0.1, 0.15) is 38.4 Å². The highest BCUT2D eigenvalue weighted by Crippen LogP contribution is 2.23. The van der Waals surface area contributed by atoms with Gasteiger partial charge in [0.2, 0.25) is 0 Å². The molecule has 96 valence electrons. The first kappa shape index (κ1) is 13.2. The van der Waals surface area contributed by atoms with E-state index in [0.717, 1.165) is 28.4 Å². The summed E-state index contributed by atoms with van der Waals surface area (Å²) in [6.45, 7) is 8.24. The molecule has 0 bridgehead atoms. The second-order valence-corrected chi connectivity index (χ2v) is 6.06. The molecule has 2 heterocycles. The zero-order valence-electron chi connectivity index (χ0n) is 11.3. The summed E-state index contributed by atoms with van der Waals surface area (Å²) in [4.78, 5) is 10.3. The Morgan fingerprint density at radius 1 is 1.28 bits per heavy atom. The Balaban J connectivity index is 2.19. The van der Waals surface area contributed by atoms with E-state index in [1.807, 2.05) is 20.0 Å². The molecule has 1 unspecified atom stereocenters. The first-order chi connectivity index (χ1) is 8.47. The molecule has 0 aliphatic heterocycles. The maximum absolute atomic E-state index is 6.24. The number of thiazole rings is 1. The van der Waals surface area contributed by atoms with Gasteiger partial charge in [-0.2, -0.15) is 0 Å². The maximum atomic E-state index is 6.24. The highest BCUT2D eigenvalue weighted by molar-refractivity contribution is 7.11. The van der Waals surface area contributed by atoms with E-state index < -0.39 is 0 Å². The minimum Gasteiger partial charge on any atom is -0.322 e. The fourth-order valence-corrected chi connectivity index (χ4v) is 3.02. The largest absolute Gasteiger partial charge is 0.322 e. The Bertz CT molecular complexity index is 541. The van der Waals surface area contributed by atoms with Crippen LogP contribution in [-0.4, -0.2) is 9.97 Å². The van der Waals surface area contributed by atoms with Crippen molar-refractivity contribution in [1.29, 1.82) is 0 Å². The van der Waals surface area contributed by atoms with Crippen molar-refractivity contribution in [2.75, 3.05) is 0 Å². The van der Waals surface area contributed by atoms with Crippen molar-refractivity contribution >= 4 is 11.3 Å². The number of pyridine rings is 1. The van der Waals surface area contributed by atoms with Crippen LogP contribution in [0.5, 0.6) is 0 Å². The second-order valence-electron chi connectivity index (χ2n) is 4.77. The third-order valence-electron chi connectivity index (χ3n) is 3.07. The van der Waals surface area contributed by atoms with Crippen LogP contribution in [0.15, 0.2) is 12.3 Å². The number of aryl methyl sites for hydroxylation is 4. The molecule has 2 N–H and O–H groups in total. The van der Waals surface area contributed by atoms with Gasteiger partial charge in [-0.25, -0.2) is 4.98 Å². The van der Waals surface area contributed by atoms with Crippen LogP contribution < -0.4 is 5.73 Å². The fourth-order valence-electron chi connectivity index (χ4n) is 2.03. The average molecular weight is 261 g/mol. The van der Waals surface area contributed by atoms with Gasteiger partial charge in [0.05, 0.1) is 22.4 Å². The van der Waals surface area contributed by atoms with Crippen molar-refractivity contribution in [2.45, 2.75) is 40.2 Å². The van der Waals surface area contributed by atoms with Crippen molar-refractivity contribution < 1.29 is 0 Å². The van der Waals surface area contributed by atoms with Crippen molar-refractivity contribution in [3.8, 4) is 0 Å². The second kappa shape index (κ2) is 5.16. The molecule has 0 aliphatic rings. The molecule has 0 aliphatic carbocycles. The van der Waals surface area contributed by atoms with Crippen LogP contribution in [0.2, 0.25) is 0 Å². The molecule has 2 rings (SSSR count). The molecule has 1 atom stereocenters. The Kier molecular flexibility index (Phi) is 3.78. The lowest BCUT2D eigenvalue weighted by Gasteiger charge is -2.12. The summed E-state index contributed by atoms with van der Waals surface area (Å²) in [5.74, 6) is 0. The van der Waals surface area contributed by atoms with Gasteiger partial charge in [0, 0.05) is 17.5 Å². The Hall–Kier alpha value is -1.26. The predicted octanol–water partition coefficient (Wildman–Crippen LogP) is 3.01. The molecule has 4 heteroatoms. The highest BCUT2D eigenvalue weighted by atomic mass is 32.1. The smallest absolute Gasteiger partial charge is 0.0950 e. The minimum absolute atomic E-state index is 0.0736. The van der Waals surface area contributed by atoms with Crippen molar-refractivity contribution in [3.05, 3.63) is 44.7 Å². The third kappa shape index (κ3) is 2.76.